The summed E-state index contributed by atoms with van der Waals surface area (Å²) in [4.78, 5) is 18.7. The monoisotopic (exact) mass is 295 g/mol. The van der Waals surface area contributed by atoms with Crippen molar-refractivity contribution in [2.75, 3.05) is 11.9 Å². The highest BCUT2D eigenvalue weighted by Gasteiger charge is 2.21. The van der Waals surface area contributed by atoms with Gasteiger partial charge < -0.3 is 10.2 Å². The van der Waals surface area contributed by atoms with Crippen LogP contribution in [-0.4, -0.2) is 28.4 Å². The van der Waals surface area contributed by atoms with Gasteiger partial charge in [0, 0.05) is 31.5 Å². The van der Waals surface area contributed by atoms with Crippen molar-refractivity contribution in [1.29, 1.82) is 0 Å². The zero-order chi connectivity index (χ0) is 15.4. The topological polar surface area (TPSA) is 45.2 Å². The summed E-state index contributed by atoms with van der Waals surface area (Å²) >= 11 is 0. The largest absolute Gasteiger partial charge is 0.381 e. The van der Waals surface area contributed by atoms with E-state index in [-0.39, 0.29) is 5.91 Å². The van der Waals surface area contributed by atoms with Gasteiger partial charge in [0.1, 0.15) is 0 Å². The summed E-state index contributed by atoms with van der Waals surface area (Å²) in [6, 6.07) is 12.5. The smallest absolute Gasteiger partial charge is 0.255 e. The van der Waals surface area contributed by atoms with Crippen molar-refractivity contribution in [3.8, 4) is 0 Å². The molecule has 1 aromatic heterocycles. The van der Waals surface area contributed by atoms with Crippen LogP contribution >= 0.6 is 0 Å². The minimum Gasteiger partial charge on any atom is -0.381 e. The van der Waals surface area contributed by atoms with Gasteiger partial charge in [0.25, 0.3) is 5.91 Å². The van der Waals surface area contributed by atoms with Gasteiger partial charge >= 0.3 is 0 Å². The molecule has 0 saturated heterocycles. The van der Waals surface area contributed by atoms with Gasteiger partial charge in [-0.1, -0.05) is 30.3 Å². The first-order chi connectivity index (χ1) is 10.8. The van der Waals surface area contributed by atoms with Gasteiger partial charge in [0.2, 0.25) is 0 Å². The van der Waals surface area contributed by atoms with Crippen LogP contribution in [0.2, 0.25) is 0 Å². The molecule has 0 unspecified atom stereocenters. The Morgan fingerprint density at radius 1 is 1.27 bits per heavy atom. The predicted octanol–water partition coefficient (Wildman–Crippen LogP) is 3.32. The standard InChI is InChI=1S/C18H21N3O/c1-2-21(13-14-6-4-3-5-7-14)18(22)15-10-17(12-19-11-15)20-16-8-9-16/h3-7,10-12,16,20H,2,8-9,13H2,1H3. The van der Waals surface area contributed by atoms with Gasteiger partial charge in [0.15, 0.2) is 0 Å². The quantitative estimate of drug-likeness (QED) is 0.889. The van der Waals surface area contributed by atoms with E-state index >= 15 is 0 Å². The molecule has 3 rings (SSSR count). The normalized spacial score (nSPS) is 13.7. The number of nitrogens with zero attached hydrogens (tertiary/aromatic N) is 2. The molecule has 4 heteroatoms. The summed E-state index contributed by atoms with van der Waals surface area (Å²) < 4.78 is 0. The summed E-state index contributed by atoms with van der Waals surface area (Å²) in [6.07, 6.45) is 5.83. The van der Waals surface area contributed by atoms with Crippen molar-refractivity contribution in [3.05, 3.63) is 59.9 Å². The highest BCUT2D eigenvalue weighted by molar-refractivity contribution is 5.94. The fraction of sp³-hybridized carbons (Fsp3) is 0.333. The molecule has 114 valence electrons. The van der Waals surface area contributed by atoms with Crippen LogP contribution in [0.25, 0.3) is 0 Å². The number of aromatic nitrogens is 1. The van der Waals surface area contributed by atoms with Crippen LogP contribution < -0.4 is 5.32 Å². The number of rotatable bonds is 6. The Morgan fingerprint density at radius 2 is 2.05 bits per heavy atom. The second kappa shape index (κ2) is 6.60. The molecule has 22 heavy (non-hydrogen) atoms. The molecule has 2 aromatic rings. The van der Waals surface area contributed by atoms with Gasteiger partial charge in [-0.05, 0) is 31.4 Å². The first-order valence-electron chi connectivity index (χ1n) is 7.81. The van der Waals surface area contributed by atoms with Crippen LogP contribution in [-0.2, 0) is 6.54 Å². The summed E-state index contributed by atoms with van der Waals surface area (Å²) in [7, 11) is 0. The molecule has 4 nitrogen and oxygen atoms in total. The Morgan fingerprint density at radius 3 is 2.73 bits per heavy atom. The Bertz CT molecular complexity index is 638. The van der Waals surface area contributed by atoms with Gasteiger partial charge in [0.05, 0.1) is 11.3 Å². The number of anilines is 1. The van der Waals surface area contributed by atoms with Gasteiger partial charge in [-0.2, -0.15) is 0 Å². The Hall–Kier alpha value is -2.36. The molecule has 0 spiro atoms. The van der Waals surface area contributed by atoms with Gasteiger partial charge in [-0.25, -0.2) is 0 Å². The highest BCUT2D eigenvalue weighted by Crippen LogP contribution is 2.24. The third kappa shape index (κ3) is 3.64. The molecule has 1 heterocycles. The number of benzene rings is 1. The van der Waals surface area contributed by atoms with E-state index in [1.165, 1.54) is 12.8 Å². The molecular formula is C18H21N3O. The van der Waals surface area contributed by atoms with Crippen LogP contribution in [0.5, 0.6) is 0 Å². The van der Waals surface area contributed by atoms with Crippen LogP contribution in [0.15, 0.2) is 48.8 Å². The minimum absolute atomic E-state index is 0.0262. The van der Waals surface area contributed by atoms with Crippen LogP contribution in [0, 0.1) is 0 Å². The maximum Gasteiger partial charge on any atom is 0.255 e. The van der Waals surface area contributed by atoms with Crippen molar-refractivity contribution >= 4 is 11.6 Å². The number of pyridine rings is 1. The number of amides is 1. The second-order valence-electron chi connectivity index (χ2n) is 5.69. The predicted molar refractivity (Wildman–Crippen MR) is 87.7 cm³/mol. The lowest BCUT2D eigenvalue weighted by molar-refractivity contribution is 0.0752. The van der Waals surface area contributed by atoms with E-state index in [4.69, 9.17) is 0 Å². The van der Waals surface area contributed by atoms with E-state index in [9.17, 15) is 4.79 Å². The fourth-order valence-electron chi connectivity index (χ4n) is 2.41. The van der Waals surface area contributed by atoms with E-state index in [2.05, 4.69) is 10.3 Å². The molecule has 0 radical (unpaired) electrons. The summed E-state index contributed by atoms with van der Waals surface area (Å²) in [6.45, 7) is 3.30. The molecule has 1 aliphatic rings. The molecule has 1 N–H and O–H groups in total. The van der Waals surface area contributed by atoms with E-state index in [0.717, 1.165) is 11.3 Å². The van der Waals surface area contributed by atoms with Gasteiger partial charge in [-0.3, -0.25) is 9.78 Å². The molecule has 1 fully saturated rings. The molecular weight excluding hydrogens is 274 g/mol. The van der Waals surface area contributed by atoms with Crippen molar-refractivity contribution in [2.24, 2.45) is 0 Å². The van der Waals surface area contributed by atoms with Crippen LogP contribution in [0.3, 0.4) is 0 Å². The lowest BCUT2D eigenvalue weighted by Gasteiger charge is -2.21. The maximum atomic E-state index is 12.7. The first-order valence-corrected chi connectivity index (χ1v) is 7.81. The number of carbonyl (C=O) groups excluding carboxylic acids is 1. The molecule has 1 aliphatic carbocycles. The Labute approximate surface area is 131 Å². The second-order valence-corrected chi connectivity index (χ2v) is 5.69. The summed E-state index contributed by atoms with van der Waals surface area (Å²) in [5.41, 5.74) is 2.71. The van der Waals surface area contributed by atoms with Crippen LogP contribution in [0.4, 0.5) is 5.69 Å². The minimum atomic E-state index is 0.0262. The summed E-state index contributed by atoms with van der Waals surface area (Å²) in [5.74, 6) is 0.0262. The number of carbonyl (C=O) groups is 1. The van der Waals surface area contributed by atoms with Gasteiger partial charge in [-0.15, -0.1) is 0 Å². The van der Waals surface area contributed by atoms with Crippen molar-refractivity contribution in [1.82, 2.24) is 9.88 Å². The van der Waals surface area contributed by atoms with Crippen molar-refractivity contribution < 1.29 is 4.79 Å². The average Bonchev–Trinajstić information content (AvgIpc) is 3.37. The van der Waals surface area contributed by atoms with Crippen molar-refractivity contribution in [3.63, 3.8) is 0 Å². The first kappa shape index (κ1) is 14.6. The van der Waals surface area contributed by atoms with E-state index in [1.54, 1.807) is 12.4 Å². The number of nitrogens with one attached hydrogen (secondary N) is 1. The fourth-order valence-corrected chi connectivity index (χ4v) is 2.41. The lowest BCUT2D eigenvalue weighted by Crippen LogP contribution is -2.30. The average molecular weight is 295 g/mol. The molecule has 1 aromatic carbocycles. The third-order valence-corrected chi connectivity index (χ3v) is 3.82. The molecule has 0 bridgehead atoms. The molecule has 1 saturated carbocycles. The lowest BCUT2D eigenvalue weighted by atomic mass is 10.2. The van der Waals surface area contributed by atoms with Crippen LogP contribution in [0.1, 0.15) is 35.7 Å². The maximum absolute atomic E-state index is 12.7. The highest BCUT2D eigenvalue weighted by atomic mass is 16.2. The van der Waals surface area contributed by atoms with E-state index < -0.39 is 0 Å². The molecule has 0 atom stereocenters. The van der Waals surface area contributed by atoms with E-state index in [1.807, 2.05) is 48.2 Å². The Kier molecular flexibility index (Phi) is 4.37. The van der Waals surface area contributed by atoms with E-state index in [0.29, 0.717) is 24.7 Å². The Balaban J connectivity index is 1.72. The SMILES string of the molecule is CCN(Cc1ccccc1)C(=O)c1cncc(NC2CC2)c1. The van der Waals surface area contributed by atoms with Crippen molar-refractivity contribution in [2.45, 2.75) is 32.4 Å². The zero-order valence-electron chi connectivity index (χ0n) is 12.8. The summed E-state index contributed by atoms with van der Waals surface area (Å²) in [5, 5.41) is 3.38. The third-order valence-electron chi connectivity index (χ3n) is 3.82. The number of hydrogen-bond donors (Lipinski definition) is 1. The molecule has 0 aliphatic heterocycles. The zero-order valence-corrected chi connectivity index (χ0v) is 12.8. The number of hydrogen-bond acceptors (Lipinski definition) is 3. The molecule has 1 amide bonds.